The summed E-state index contributed by atoms with van der Waals surface area (Å²) in [5, 5.41) is 3.40. The van der Waals surface area contributed by atoms with Crippen LogP contribution in [0.1, 0.15) is 32.3 Å². The van der Waals surface area contributed by atoms with E-state index in [2.05, 4.69) is 31.3 Å². The van der Waals surface area contributed by atoms with Crippen LogP contribution in [-0.4, -0.2) is 43.1 Å². The smallest absolute Gasteiger partial charge is 0.222 e. The van der Waals surface area contributed by atoms with Crippen molar-refractivity contribution in [3.8, 4) is 5.75 Å². The maximum absolute atomic E-state index is 12.3. The molecule has 21 heavy (non-hydrogen) atoms. The lowest BCUT2D eigenvalue weighted by Gasteiger charge is -2.38. The molecule has 0 aromatic heterocycles. The first-order valence-electron chi connectivity index (χ1n) is 7.77. The highest BCUT2D eigenvalue weighted by Crippen LogP contribution is 2.15. The zero-order chi connectivity index (χ0) is 15.2. The van der Waals surface area contributed by atoms with Gasteiger partial charge in [0.1, 0.15) is 5.75 Å². The van der Waals surface area contributed by atoms with E-state index in [1.807, 2.05) is 17.0 Å². The zero-order valence-corrected chi connectivity index (χ0v) is 13.3. The van der Waals surface area contributed by atoms with E-state index in [1.54, 1.807) is 7.11 Å². The molecule has 4 nitrogen and oxygen atoms in total. The van der Waals surface area contributed by atoms with E-state index in [1.165, 1.54) is 5.56 Å². The van der Waals surface area contributed by atoms with E-state index in [9.17, 15) is 4.79 Å². The fraction of sp³-hybridized carbons (Fsp3) is 0.588. The lowest BCUT2D eigenvalue weighted by molar-refractivity contribution is -0.134. The monoisotopic (exact) mass is 290 g/mol. The highest BCUT2D eigenvalue weighted by atomic mass is 16.5. The number of carbonyl (C=O) groups is 1. The molecular weight excluding hydrogens is 264 g/mol. The number of aryl methyl sites for hydroxylation is 1. The van der Waals surface area contributed by atoms with Crippen LogP contribution in [0.5, 0.6) is 5.75 Å². The minimum atomic E-state index is 0.282. The first-order valence-corrected chi connectivity index (χ1v) is 7.77. The average molecular weight is 290 g/mol. The second-order valence-electron chi connectivity index (χ2n) is 5.77. The summed E-state index contributed by atoms with van der Waals surface area (Å²) >= 11 is 0. The van der Waals surface area contributed by atoms with Gasteiger partial charge in [-0.1, -0.05) is 12.1 Å². The number of nitrogens with one attached hydrogen (secondary N) is 1. The van der Waals surface area contributed by atoms with Crippen LogP contribution in [-0.2, 0) is 11.2 Å². The number of rotatable bonds is 5. The van der Waals surface area contributed by atoms with E-state index >= 15 is 0 Å². The van der Waals surface area contributed by atoms with Crippen molar-refractivity contribution in [2.45, 2.75) is 45.2 Å². The Morgan fingerprint density at radius 2 is 2.05 bits per heavy atom. The Bertz CT molecular complexity index is 458. The molecule has 1 saturated heterocycles. The van der Waals surface area contributed by atoms with Gasteiger partial charge in [-0.3, -0.25) is 4.79 Å². The van der Waals surface area contributed by atoms with E-state index < -0.39 is 0 Å². The molecular formula is C17H26N2O2. The normalized spacial score (nSPS) is 22.1. The zero-order valence-electron chi connectivity index (χ0n) is 13.3. The van der Waals surface area contributed by atoms with Gasteiger partial charge in [0, 0.05) is 31.6 Å². The SMILES string of the molecule is COc1ccc(CCCC(=O)N2CCNC(C)C2C)cc1. The first kappa shape index (κ1) is 15.8. The summed E-state index contributed by atoms with van der Waals surface area (Å²) in [5.74, 6) is 1.16. The Morgan fingerprint density at radius 1 is 1.33 bits per heavy atom. The molecule has 1 fully saturated rings. The Balaban J connectivity index is 1.78. The van der Waals surface area contributed by atoms with Crippen molar-refractivity contribution in [3.63, 3.8) is 0 Å². The number of ether oxygens (including phenoxy) is 1. The summed E-state index contributed by atoms with van der Waals surface area (Å²) in [6.45, 7) is 5.99. The largest absolute Gasteiger partial charge is 0.497 e. The third-order valence-corrected chi connectivity index (χ3v) is 4.37. The van der Waals surface area contributed by atoms with Crippen LogP contribution < -0.4 is 10.1 Å². The van der Waals surface area contributed by atoms with Gasteiger partial charge in [-0.25, -0.2) is 0 Å². The highest BCUT2D eigenvalue weighted by molar-refractivity contribution is 5.76. The van der Waals surface area contributed by atoms with E-state index in [4.69, 9.17) is 4.74 Å². The molecule has 2 atom stereocenters. The number of hydrogen-bond acceptors (Lipinski definition) is 3. The van der Waals surface area contributed by atoms with Crippen LogP contribution in [0, 0.1) is 0 Å². The first-order chi connectivity index (χ1) is 10.1. The van der Waals surface area contributed by atoms with Gasteiger partial charge < -0.3 is 15.0 Å². The van der Waals surface area contributed by atoms with Crippen molar-refractivity contribution >= 4 is 5.91 Å². The van der Waals surface area contributed by atoms with Gasteiger partial charge in [0.25, 0.3) is 0 Å². The van der Waals surface area contributed by atoms with Gasteiger partial charge in [0.2, 0.25) is 5.91 Å². The number of methoxy groups -OCH3 is 1. The number of carbonyl (C=O) groups excluding carboxylic acids is 1. The highest BCUT2D eigenvalue weighted by Gasteiger charge is 2.27. The third-order valence-electron chi connectivity index (χ3n) is 4.37. The van der Waals surface area contributed by atoms with E-state index in [-0.39, 0.29) is 11.9 Å². The number of amides is 1. The fourth-order valence-corrected chi connectivity index (χ4v) is 2.79. The van der Waals surface area contributed by atoms with Gasteiger partial charge in [0.05, 0.1) is 7.11 Å². The molecule has 0 saturated carbocycles. The summed E-state index contributed by atoms with van der Waals surface area (Å²) in [6, 6.07) is 8.74. The molecule has 0 spiro atoms. The minimum absolute atomic E-state index is 0.282. The van der Waals surface area contributed by atoms with Gasteiger partial charge in [0.15, 0.2) is 0 Å². The summed E-state index contributed by atoms with van der Waals surface area (Å²) in [6.07, 6.45) is 2.46. The minimum Gasteiger partial charge on any atom is -0.497 e. The molecule has 1 N–H and O–H groups in total. The summed E-state index contributed by atoms with van der Waals surface area (Å²) in [7, 11) is 1.67. The number of hydrogen-bond donors (Lipinski definition) is 1. The van der Waals surface area contributed by atoms with Crippen LogP contribution in [0.2, 0.25) is 0 Å². The van der Waals surface area contributed by atoms with Crippen molar-refractivity contribution in [2.75, 3.05) is 20.2 Å². The molecule has 2 unspecified atom stereocenters. The molecule has 1 aliphatic heterocycles. The lowest BCUT2D eigenvalue weighted by Crippen LogP contribution is -2.57. The third kappa shape index (κ3) is 4.21. The van der Waals surface area contributed by atoms with Crippen LogP contribution in [0.15, 0.2) is 24.3 Å². The molecule has 4 heteroatoms. The summed E-state index contributed by atoms with van der Waals surface area (Å²) in [4.78, 5) is 14.3. The summed E-state index contributed by atoms with van der Waals surface area (Å²) in [5.41, 5.74) is 1.25. The topological polar surface area (TPSA) is 41.6 Å². The van der Waals surface area contributed by atoms with Gasteiger partial charge >= 0.3 is 0 Å². The lowest BCUT2D eigenvalue weighted by atomic mass is 10.0. The number of nitrogens with zero attached hydrogens (tertiary/aromatic N) is 1. The van der Waals surface area contributed by atoms with Crippen LogP contribution in [0.3, 0.4) is 0 Å². The van der Waals surface area contributed by atoms with Crippen molar-refractivity contribution < 1.29 is 9.53 Å². The number of benzene rings is 1. The van der Waals surface area contributed by atoms with Crippen LogP contribution in [0.25, 0.3) is 0 Å². The molecule has 0 bridgehead atoms. The van der Waals surface area contributed by atoms with Crippen molar-refractivity contribution in [1.29, 1.82) is 0 Å². The average Bonchev–Trinajstić information content (AvgIpc) is 2.50. The second-order valence-corrected chi connectivity index (χ2v) is 5.77. The van der Waals surface area contributed by atoms with E-state index in [0.717, 1.165) is 31.7 Å². The molecule has 2 rings (SSSR count). The molecule has 1 aromatic rings. The molecule has 116 valence electrons. The van der Waals surface area contributed by atoms with Crippen molar-refractivity contribution in [3.05, 3.63) is 29.8 Å². The molecule has 1 aromatic carbocycles. The van der Waals surface area contributed by atoms with Gasteiger partial charge in [-0.15, -0.1) is 0 Å². The molecule has 0 aliphatic carbocycles. The van der Waals surface area contributed by atoms with E-state index in [0.29, 0.717) is 12.5 Å². The number of piperazine rings is 1. The van der Waals surface area contributed by atoms with Crippen molar-refractivity contribution in [2.24, 2.45) is 0 Å². The Kier molecular flexibility index (Phi) is 5.62. The van der Waals surface area contributed by atoms with Gasteiger partial charge in [-0.2, -0.15) is 0 Å². The van der Waals surface area contributed by atoms with Crippen molar-refractivity contribution in [1.82, 2.24) is 10.2 Å². The molecule has 1 amide bonds. The quantitative estimate of drug-likeness (QED) is 0.904. The Morgan fingerprint density at radius 3 is 2.71 bits per heavy atom. The molecule has 1 aliphatic rings. The maximum atomic E-state index is 12.3. The van der Waals surface area contributed by atoms with Crippen LogP contribution >= 0.6 is 0 Å². The standard InChI is InChI=1S/C17H26N2O2/c1-13-14(2)19(12-11-18-13)17(20)6-4-5-15-7-9-16(21-3)10-8-15/h7-10,13-14,18H,4-6,11-12H2,1-3H3. The Hall–Kier alpha value is -1.55. The molecule has 0 radical (unpaired) electrons. The Labute approximate surface area is 127 Å². The summed E-state index contributed by atoms with van der Waals surface area (Å²) < 4.78 is 5.15. The predicted molar refractivity (Wildman–Crippen MR) is 84.6 cm³/mol. The van der Waals surface area contributed by atoms with Crippen LogP contribution in [0.4, 0.5) is 0 Å². The molecule has 1 heterocycles. The van der Waals surface area contributed by atoms with Gasteiger partial charge in [-0.05, 0) is 44.4 Å². The predicted octanol–water partition coefficient (Wildman–Crippen LogP) is 2.23. The maximum Gasteiger partial charge on any atom is 0.222 e. The second kappa shape index (κ2) is 7.46. The fourth-order valence-electron chi connectivity index (χ4n) is 2.79.